The molecule has 2 atom stereocenters. The summed E-state index contributed by atoms with van der Waals surface area (Å²) in [5.74, 6) is 0.330. The molecule has 3 heterocycles. The van der Waals surface area contributed by atoms with Gasteiger partial charge in [0, 0.05) is 44.6 Å². The van der Waals surface area contributed by atoms with Gasteiger partial charge < -0.3 is 14.8 Å². The summed E-state index contributed by atoms with van der Waals surface area (Å²) in [6.07, 6.45) is 0. The van der Waals surface area contributed by atoms with Gasteiger partial charge >= 0.3 is 0 Å². The van der Waals surface area contributed by atoms with Gasteiger partial charge in [-0.25, -0.2) is 0 Å². The van der Waals surface area contributed by atoms with Crippen molar-refractivity contribution in [3.63, 3.8) is 0 Å². The first kappa shape index (κ1) is 17.4. The highest BCUT2D eigenvalue weighted by Gasteiger charge is 2.55. The number of carbonyl (C=O) groups excluding carboxylic acids is 1. The minimum Gasteiger partial charge on any atom is -0.383 e. The molecule has 2 saturated heterocycles. The molecule has 6 heteroatoms. The van der Waals surface area contributed by atoms with E-state index in [1.165, 1.54) is 0 Å². The van der Waals surface area contributed by atoms with Gasteiger partial charge in [-0.3, -0.25) is 14.7 Å². The number of nitrogens with one attached hydrogen (secondary N) is 1. The maximum Gasteiger partial charge on any atom is 0.230 e. The summed E-state index contributed by atoms with van der Waals surface area (Å²) in [6.45, 7) is 4.55. The number of hydrogen-bond acceptors (Lipinski definition) is 5. The van der Waals surface area contributed by atoms with E-state index in [4.69, 9.17) is 14.5 Å². The Morgan fingerprint density at radius 1 is 1.38 bits per heavy atom. The lowest BCUT2D eigenvalue weighted by atomic mass is 9.80. The third-order valence-electron chi connectivity index (χ3n) is 5.53. The summed E-state index contributed by atoms with van der Waals surface area (Å²) in [7, 11) is 1.64. The second-order valence-corrected chi connectivity index (χ2v) is 7.28. The summed E-state index contributed by atoms with van der Waals surface area (Å²) in [4.78, 5) is 19.9. The Bertz CT molecular complexity index is 797. The Balaban J connectivity index is 1.46. The Morgan fingerprint density at radius 2 is 2.27 bits per heavy atom. The van der Waals surface area contributed by atoms with Gasteiger partial charge in [0.1, 0.15) is 0 Å². The zero-order valence-corrected chi connectivity index (χ0v) is 15.1. The number of carbonyl (C=O) groups is 1. The number of para-hydroxylation sites is 1. The molecular weight excluding hydrogens is 330 g/mol. The van der Waals surface area contributed by atoms with E-state index in [0.717, 1.165) is 29.7 Å². The van der Waals surface area contributed by atoms with Gasteiger partial charge in [-0.2, -0.15) is 0 Å². The lowest BCUT2D eigenvalue weighted by molar-refractivity contribution is -0.131. The summed E-state index contributed by atoms with van der Waals surface area (Å²) in [5, 5.41) is 4.16. The molecule has 2 fully saturated rings. The molecule has 1 aromatic carbocycles. The van der Waals surface area contributed by atoms with E-state index < -0.39 is 5.41 Å². The second-order valence-electron chi connectivity index (χ2n) is 7.28. The van der Waals surface area contributed by atoms with Crippen LogP contribution in [0.2, 0.25) is 0 Å². The minimum absolute atomic E-state index is 0.0889. The molecule has 0 unspecified atom stereocenters. The van der Waals surface area contributed by atoms with Crippen LogP contribution in [0.4, 0.5) is 0 Å². The van der Waals surface area contributed by atoms with Crippen molar-refractivity contribution < 1.29 is 14.3 Å². The zero-order valence-electron chi connectivity index (χ0n) is 15.1. The standard InChI is InChI=1S/C20H25N3O3/c1-25-9-8-21-19(24)20-13-23(10-16(20)12-26-14-20)11-17-7-6-15-4-2-3-5-18(15)22-17/h2-7,16H,8-14H2,1H3,(H,21,24)/t16-,20-/m1/s1. The topological polar surface area (TPSA) is 63.7 Å². The molecule has 4 rings (SSSR count). The lowest BCUT2D eigenvalue weighted by Crippen LogP contribution is -2.47. The Hall–Kier alpha value is -2.02. The normalized spacial score (nSPS) is 25.5. The van der Waals surface area contributed by atoms with E-state index in [-0.39, 0.29) is 11.8 Å². The molecule has 138 valence electrons. The molecule has 1 aromatic heterocycles. The largest absolute Gasteiger partial charge is 0.383 e. The summed E-state index contributed by atoms with van der Waals surface area (Å²) in [5.41, 5.74) is 1.61. The smallest absolute Gasteiger partial charge is 0.230 e. The molecule has 2 aliphatic heterocycles. The van der Waals surface area contributed by atoms with Crippen molar-refractivity contribution in [3.05, 3.63) is 42.1 Å². The van der Waals surface area contributed by atoms with Crippen molar-refractivity contribution >= 4 is 16.8 Å². The number of rotatable bonds is 6. The number of ether oxygens (including phenoxy) is 2. The van der Waals surface area contributed by atoms with Crippen LogP contribution >= 0.6 is 0 Å². The first-order valence-electron chi connectivity index (χ1n) is 9.13. The molecule has 2 aliphatic rings. The molecule has 0 saturated carbocycles. The van der Waals surface area contributed by atoms with E-state index in [0.29, 0.717) is 32.9 Å². The maximum atomic E-state index is 12.8. The van der Waals surface area contributed by atoms with Gasteiger partial charge in [-0.1, -0.05) is 24.3 Å². The highest BCUT2D eigenvalue weighted by molar-refractivity contribution is 5.84. The summed E-state index contributed by atoms with van der Waals surface area (Å²) >= 11 is 0. The van der Waals surface area contributed by atoms with Crippen LogP contribution in [-0.2, 0) is 20.8 Å². The van der Waals surface area contributed by atoms with Crippen molar-refractivity contribution in [1.82, 2.24) is 15.2 Å². The molecular formula is C20H25N3O3. The summed E-state index contributed by atoms with van der Waals surface area (Å²) < 4.78 is 10.7. The van der Waals surface area contributed by atoms with Gasteiger partial charge in [0.25, 0.3) is 0 Å². The average molecular weight is 355 g/mol. The van der Waals surface area contributed by atoms with Gasteiger partial charge in [0.2, 0.25) is 5.91 Å². The molecule has 1 N–H and O–H groups in total. The highest BCUT2D eigenvalue weighted by atomic mass is 16.5. The number of fused-ring (bicyclic) bond motifs is 2. The number of likely N-dealkylation sites (tertiary alicyclic amines) is 1. The first-order chi connectivity index (χ1) is 12.7. The Kier molecular flexibility index (Phi) is 4.89. The van der Waals surface area contributed by atoms with Crippen LogP contribution in [0.3, 0.4) is 0 Å². The molecule has 1 amide bonds. The molecule has 0 aliphatic carbocycles. The zero-order chi connectivity index (χ0) is 18.0. The van der Waals surface area contributed by atoms with E-state index in [1.54, 1.807) is 7.11 Å². The summed E-state index contributed by atoms with van der Waals surface area (Å²) in [6, 6.07) is 12.3. The van der Waals surface area contributed by atoms with Crippen LogP contribution < -0.4 is 5.32 Å². The first-order valence-corrected chi connectivity index (χ1v) is 9.13. The van der Waals surface area contributed by atoms with Crippen molar-refractivity contribution in [2.45, 2.75) is 6.54 Å². The van der Waals surface area contributed by atoms with Gasteiger partial charge in [-0.15, -0.1) is 0 Å². The number of pyridine rings is 1. The fraction of sp³-hybridized carbons (Fsp3) is 0.500. The lowest BCUT2D eigenvalue weighted by Gasteiger charge is -2.26. The fourth-order valence-corrected chi connectivity index (χ4v) is 4.15. The molecule has 6 nitrogen and oxygen atoms in total. The molecule has 26 heavy (non-hydrogen) atoms. The number of hydrogen-bond donors (Lipinski definition) is 1. The third kappa shape index (κ3) is 3.20. The van der Waals surface area contributed by atoms with E-state index >= 15 is 0 Å². The number of benzene rings is 1. The van der Waals surface area contributed by atoms with Crippen LogP contribution in [0.25, 0.3) is 10.9 Å². The van der Waals surface area contributed by atoms with Crippen LogP contribution in [0.15, 0.2) is 36.4 Å². The molecule has 0 spiro atoms. The Labute approximate surface area is 153 Å². The molecule has 0 bridgehead atoms. The van der Waals surface area contributed by atoms with Crippen molar-refractivity contribution in [1.29, 1.82) is 0 Å². The number of amides is 1. The van der Waals surface area contributed by atoms with E-state index in [9.17, 15) is 4.79 Å². The van der Waals surface area contributed by atoms with Gasteiger partial charge in [0.15, 0.2) is 0 Å². The van der Waals surface area contributed by atoms with Crippen LogP contribution in [0.5, 0.6) is 0 Å². The van der Waals surface area contributed by atoms with Crippen LogP contribution in [0.1, 0.15) is 5.69 Å². The average Bonchev–Trinajstić information content (AvgIpc) is 3.19. The van der Waals surface area contributed by atoms with Crippen molar-refractivity contribution in [2.75, 3.05) is 46.6 Å². The SMILES string of the molecule is COCCNC(=O)[C@]12COC[C@H]1CN(Cc1ccc3ccccc3n1)C2. The number of aromatic nitrogens is 1. The molecule has 2 aromatic rings. The van der Waals surface area contributed by atoms with Crippen LogP contribution in [-0.4, -0.2) is 62.4 Å². The molecule has 0 radical (unpaired) electrons. The number of nitrogens with zero attached hydrogens (tertiary/aromatic N) is 2. The van der Waals surface area contributed by atoms with Gasteiger partial charge in [-0.05, 0) is 12.1 Å². The predicted molar refractivity (Wildman–Crippen MR) is 98.6 cm³/mol. The van der Waals surface area contributed by atoms with Gasteiger partial charge in [0.05, 0.1) is 36.4 Å². The van der Waals surface area contributed by atoms with Crippen molar-refractivity contribution in [3.8, 4) is 0 Å². The quantitative estimate of drug-likeness (QED) is 0.795. The van der Waals surface area contributed by atoms with Crippen molar-refractivity contribution in [2.24, 2.45) is 11.3 Å². The Morgan fingerprint density at radius 3 is 3.15 bits per heavy atom. The second kappa shape index (κ2) is 7.31. The third-order valence-corrected chi connectivity index (χ3v) is 5.53. The predicted octanol–water partition coefficient (Wildman–Crippen LogP) is 1.45. The monoisotopic (exact) mass is 355 g/mol. The fourth-order valence-electron chi connectivity index (χ4n) is 4.15. The highest BCUT2D eigenvalue weighted by Crippen LogP contribution is 2.42. The minimum atomic E-state index is -0.440. The maximum absolute atomic E-state index is 12.8. The number of methoxy groups -OCH3 is 1. The van der Waals surface area contributed by atoms with Crippen LogP contribution in [0, 0.1) is 11.3 Å². The van der Waals surface area contributed by atoms with E-state index in [1.807, 2.05) is 18.2 Å². The van der Waals surface area contributed by atoms with E-state index in [2.05, 4.69) is 28.4 Å².